The van der Waals surface area contributed by atoms with Gasteiger partial charge in [-0.1, -0.05) is 0 Å². The van der Waals surface area contributed by atoms with E-state index in [0.717, 1.165) is 12.4 Å². The third-order valence-corrected chi connectivity index (χ3v) is 1.85. The molecule has 1 aromatic carbocycles. The van der Waals surface area contributed by atoms with Crippen molar-refractivity contribution in [2.24, 2.45) is 0 Å². The van der Waals surface area contributed by atoms with Gasteiger partial charge in [-0.25, -0.2) is 14.4 Å². The maximum atomic E-state index is 12.5. The van der Waals surface area contributed by atoms with Crippen molar-refractivity contribution in [1.29, 1.82) is 0 Å². The SMILES string of the molecule is Oc1ccc(-c2ncc(F)cn2)cc1O. The van der Waals surface area contributed by atoms with Gasteiger partial charge >= 0.3 is 0 Å². The third kappa shape index (κ3) is 1.85. The standard InChI is InChI=1S/C10H7FN2O2/c11-7-4-12-10(13-5-7)6-1-2-8(14)9(15)3-6/h1-5,14-15H. The van der Waals surface area contributed by atoms with Crippen LogP contribution >= 0.6 is 0 Å². The van der Waals surface area contributed by atoms with Gasteiger partial charge in [0.1, 0.15) is 0 Å². The number of nitrogens with zero attached hydrogens (tertiary/aromatic N) is 2. The lowest BCUT2D eigenvalue weighted by Crippen LogP contribution is -1.89. The van der Waals surface area contributed by atoms with E-state index >= 15 is 0 Å². The van der Waals surface area contributed by atoms with E-state index in [9.17, 15) is 9.50 Å². The summed E-state index contributed by atoms with van der Waals surface area (Å²) in [7, 11) is 0. The van der Waals surface area contributed by atoms with Crippen LogP contribution < -0.4 is 0 Å². The van der Waals surface area contributed by atoms with Crippen LogP contribution in [0.15, 0.2) is 30.6 Å². The maximum Gasteiger partial charge on any atom is 0.159 e. The van der Waals surface area contributed by atoms with E-state index < -0.39 is 5.82 Å². The van der Waals surface area contributed by atoms with Crippen LogP contribution in [0.2, 0.25) is 0 Å². The summed E-state index contributed by atoms with van der Waals surface area (Å²) in [6.07, 6.45) is 2.07. The molecule has 76 valence electrons. The average Bonchev–Trinajstić information content (AvgIpc) is 2.23. The number of phenolic OH excluding ortho intramolecular Hbond substituents is 2. The Morgan fingerprint density at radius 1 is 1.00 bits per heavy atom. The van der Waals surface area contributed by atoms with Crippen molar-refractivity contribution >= 4 is 0 Å². The second kappa shape index (κ2) is 3.53. The van der Waals surface area contributed by atoms with Crippen molar-refractivity contribution < 1.29 is 14.6 Å². The highest BCUT2D eigenvalue weighted by atomic mass is 19.1. The summed E-state index contributed by atoms with van der Waals surface area (Å²) < 4.78 is 12.5. The van der Waals surface area contributed by atoms with Crippen molar-refractivity contribution in [3.05, 3.63) is 36.4 Å². The third-order valence-electron chi connectivity index (χ3n) is 1.85. The molecule has 0 aliphatic heterocycles. The molecule has 1 heterocycles. The fourth-order valence-corrected chi connectivity index (χ4v) is 1.12. The lowest BCUT2D eigenvalue weighted by molar-refractivity contribution is 0.404. The summed E-state index contributed by atoms with van der Waals surface area (Å²) in [5.74, 6) is -0.727. The molecule has 0 bridgehead atoms. The summed E-state index contributed by atoms with van der Waals surface area (Å²) in [5, 5.41) is 18.3. The Hall–Kier alpha value is -2.17. The Balaban J connectivity index is 2.45. The van der Waals surface area contributed by atoms with Crippen LogP contribution in [0.3, 0.4) is 0 Å². The van der Waals surface area contributed by atoms with Gasteiger partial charge in [-0.3, -0.25) is 0 Å². The zero-order valence-corrected chi connectivity index (χ0v) is 7.55. The van der Waals surface area contributed by atoms with E-state index in [4.69, 9.17) is 5.11 Å². The number of phenols is 2. The Morgan fingerprint density at radius 2 is 1.67 bits per heavy atom. The van der Waals surface area contributed by atoms with Gasteiger partial charge < -0.3 is 10.2 Å². The smallest absolute Gasteiger partial charge is 0.159 e. The zero-order valence-electron chi connectivity index (χ0n) is 7.55. The van der Waals surface area contributed by atoms with E-state index in [1.807, 2.05) is 0 Å². The molecule has 1 aromatic heterocycles. The minimum atomic E-state index is -0.526. The first-order valence-electron chi connectivity index (χ1n) is 4.17. The minimum absolute atomic E-state index is 0.221. The van der Waals surface area contributed by atoms with Crippen molar-refractivity contribution in [2.75, 3.05) is 0 Å². The first-order valence-corrected chi connectivity index (χ1v) is 4.17. The summed E-state index contributed by atoms with van der Waals surface area (Å²) in [6, 6.07) is 4.16. The largest absolute Gasteiger partial charge is 0.504 e. The summed E-state index contributed by atoms with van der Waals surface area (Å²) in [4.78, 5) is 7.48. The second-order valence-electron chi connectivity index (χ2n) is 2.93. The van der Waals surface area contributed by atoms with Gasteiger partial charge in [0.2, 0.25) is 0 Å². The van der Waals surface area contributed by atoms with E-state index in [1.54, 1.807) is 0 Å². The maximum absolute atomic E-state index is 12.5. The van der Waals surface area contributed by atoms with Gasteiger partial charge in [0.05, 0.1) is 12.4 Å². The highest BCUT2D eigenvalue weighted by Crippen LogP contribution is 2.28. The van der Waals surface area contributed by atoms with E-state index in [0.29, 0.717) is 5.56 Å². The van der Waals surface area contributed by atoms with Gasteiger partial charge in [0.15, 0.2) is 23.1 Å². The predicted molar refractivity (Wildman–Crippen MR) is 50.8 cm³/mol. The van der Waals surface area contributed by atoms with Crippen LogP contribution in [0, 0.1) is 5.82 Å². The Labute approximate surface area is 84.7 Å². The predicted octanol–water partition coefficient (Wildman–Crippen LogP) is 1.69. The Morgan fingerprint density at radius 3 is 2.27 bits per heavy atom. The number of aromatic nitrogens is 2. The van der Waals surface area contributed by atoms with Crippen LogP contribution in [0.1, 0.15) is 0 Å². The molecule has 0 radical (unpaired) electrons. The first kappa shape index (κ1) is 9.39. The van der Waals surface area contributed by atoms with Crippen LogP contribution in [-0.2, 0) is 0 Å². The monoisotopic (exact) mass is 206 g/mol. The highest BCUT2D eigenvalue weighted by molar-refractivity contribution is 5.60. The summed E-state index contributed by atoms with van der Waals surface area (Å²) >= 11 is 0. The quantitative estimate of drug-likeness (QED) is 0.697. The Kier molecular flexibility index (Phi) is 2.21. The molecule has 0 amide bonds. The van der Waals surface area contributed by atoms with Gasteiger partial charge in [0, 0.05) is 5.56 Å². The molecule has 5 heteroatoms. The fourth-order valence-electron chi connectivity index (χ4n) is 1.12. The average molecular weight is 206 g/mol. The molecule has 0 saturated carbocycles. The second-order valence-corrected chi connectivity index (χ2v) is 2.93. The van der Waals surface area contributed by atoms with E-state index in [1.165, 1.54) is 18.2 Å². The van der Waals surface area contributed by atoms with Gasteiger partial charge in [-0.15, -0.1) is 0 Å². The van der Waals surface area contributed by atoms with Crippen LogP contribution in [-0.4, -0.2) is 20.2 Å². The normalized spacial score (nSPS) is 10.2. The lowest BCUT2D eigenvalue weighted by atomic mass is 10.2. The summed E-state index contributed by atoms with van der Waals surface area (Å²) in [6.45, 7) is 0. The van der Waals surface area contributed by atoms with Gasteiger partial charge in [-0.2, -0.15) is 0 Å². The highest BCUT2D eigenvalue weighted by Gasteiger charge is 2.05. The van der Waals surface area contributed by atoms with Crippen LogP contribution in [0.5, 0.6) is 11.5 Å². The number of aromatic hydroxyl groups is 2. The summed E-state index contributed by atoms with van der Waals surface area (Å²) in [5.41, 5.74) is 0.505. The zero-order chi connectivity index (χ0) is 10.8. The molecule has 0 aliphatic rings. The van der Waals surface area contributed by atoms with Crippen molar-refractivity contribution in [2.45, 2.75) is 0 Å². The molecule has 2 rings (SSSR count). The fraction of sp³-hybridized carbons (Fsp3) is 0. The van der Waals surface area contributed by atoms with Gasteiger partial charge in [-0.05, 0) is 18.2 Å². The van der Waals surface area contributed by atoms with Crippen LogP contribution in [0.4, 0.5) is 4.39 Å². The molecule has 15 heavy (non-hydrogen) atoms. The number of rotatable bonds is 1. The topological polar surface area (TPSA) is 66.2 Å². The molecular weight excluding hydrogens is 199 g/mol. The van der Waals surface area contributed by atoms with Crippen molar-refractivity contribution in [1.82, 2.24) is 9.97 Å². The van der Waals surface area contributed by atoms with Gasteiger partial charge in [0.25, 0.3) is 0 Å². The van der Waals surface area contributed by atoms with E-state index in [2.05, 4.69) is 9.97 Å². The van der Waals surface area contributed by atoms with E-state index in [-0.39, 0.29) is 17.3 Å². The van der Waals surface area contributed by atoms with Crippen molar-refractivity contribution in [3.8, 4) is 22.9 Å². The van der Waals surface area contributed by atoms with Crippen LogP contribution in [0.25, 0.3) is 11.4 Å². The molecule has 4 nitrogen and oxygen atoms in total. The molecule has 2 N–H and O–H groups in total. The molecule has 0 atom stereocenters. The molecule has 0 saturated heterocycles. The lowest BCUT2D eigenvalue weighted by Gasteiger charge is -2.01. The molecule has 0 fully saturated rings. The minimum Gasteiger partial charge on any atom is -0.504 e. The van der Waals surface area contributed by atoms with Crippen molar-refractivity contribution in [3.63, 3.8) is 0 Å². The number of halogens is 1. The number of hydrogen-bond donors (Lipinski definition) is 2. The molecule has 0 unspecified atom stereocenters. The Bertz CT molecular complexity index is 485. The number of benzene rings is 1. The number of hydrogen-bond acceptors (Lipinski definition) is 4. The molecule has 0 aliphatic carbocycles. The first-order chi connectivity index (χ1) is 7.16. The molecular formula is C10H7FN2O2. The molecule has 0 spiro atoms. The molecule has 2 aromatic rings.